The van der Waals surface area contributed by atoms with Gasteiger partial charge in [0, 0.05) is 41.8 Å². The van der Waals surface area contributed by atoms with Gasteiger partial charge in [0.25, 0.3) is 0 Å². The molecule has 0 aliphatic heterocycles. The predicted octanol–water partition coefficient (Wildman–Crippen LogP) is 2.00. The number of fused-ring (bicyclic) bond motifs is 1. The van der Waals surface area contributed by atoms with Crippen LogP contribution in [0.2, 0.25) is 0 Å². The highest BCUT2D eigenvalue weighted by molar-refractivity contribution is 5.94. The van der Waals surface area contributed by atoms with Crippen LogP contribution in [0.25, 0.3) is 22.2 Å². The fourth-order valence-corrected chi connectivity index (χ4v) is 2.08. The van der Waals surface area contributed by atoms with E-state index >= 15 is 0 Å². The largest absolute Gasteiger partial charge is 0.369 e. The summed E-state index contributed by atoms with van der Waals surface area (Å²) in [6.45, 7) is 1.27. The highest BCUT2D eigenvalue weighted by atomic mass is 15.0. The van der Waals surface area contributed by atoms with Crippen molar-refractivity contribution in [2.45, 2.75) is 0 Å². The van der Waals surface area contributed by atoms with Crippen molar-refractivity contribution < 1.29 is 0 Å². The summed E-state index contributed by atoms with van der Waals surface area (Å²) in [5, 5.41) is 4.32. The molecule has 0 fully saturated rings. The summed E-state index contributed by atoms with van der Waals surface area (Å²) >= 11 is 0. The van der Waals surface area contributed by atoms with E-state index in [0.29, 0.717) is 13.1 Å². The van der Waals surface area contributed by atoms with Gasteiger partial charge in [0.05, 0.1) is 5.69 Å². The molecule has 0 saturated heterocycles. The van der Waals surface area contributed by atoms with Gasteiger partial charge in [0.2, 0.25) is 0 Å². The molecule has 0 spiro atoms. The number of H-pyrrole nitrogens is 1. The maximum absolute atomic E-state index is 5.47. The van der Waals surface area contributed by atoms with Gasteiger partial charge in [-0.3, -0.25) is 0 Å². The van der Waals surface area contributed by atoms with Gasteiger partial charge in [0.15, 0.2) is 0 Å². The fourth-order valence-electron chi connectivity index (χ4n) is 2.08. The highest BCUT2D eigenvalue weighted by Crippen LogP contribution is 2.27. The van der Waals surface area contributed by atoms with Gasteiger partial charge in [-0.15, -0.1) is 0 Å². The molecule has 96 valence electrons. The molecule has 0 saturated carbocycles. The maximum atomic E-state index is 5.47. The van der Waals surface area contributed by atoms with E-state index in [1.807, 2.05) is 30.5 Å². The Balaban J connectivity index is 2.01. The van der Waals surface area contributed by atoms with Gasteiger partial charge in [0.1, 0.15) is 12.1 Å². The SMILES string of the molecule is NCCNc1cc(-c2c[nH]c3ccccc23)ncn1. The van der Waals surface area contributed by atoms with Gasteiger partial charge >= 0.3 is 0 Å². The van der Waals surface area contributed by atoms with Crippen molar-refractivity contribution in [1.29, 1.82) is 0 Å². The molecule has 3 rings (SSSR count). The van der Waals surface area contributed by atoms with Crippen LogP contribution in [0.1, 0.15) is 0 Å². The molecular weight excluding hydrogens is 238 g/mol. The maximum Gasteiger partial charge on any atom is 0.129 e. The number of hydrogen-bond acceptors (Lipinski definition) is 4. The monoisotopic (exact) mass is 253 g/mol. The quantitative estimate of drug-likeness (QED) is 0.664. The Hall–Kier alpha value is -2.40. The lowest BCUT2D eigenvalue weighted by atomic mass is 10.1. The molecule has 0 atom stereocenters. The Labute approximate surface area is 110 Å². The van der Waals surface area contributed by atoms with Crippen LogP contribution in [0, 0.1) is 0 Å². The van der Waals surface area contributed by atoms with Gasteiger partial charge in [-0.05, 0) is 6.07 Å². The molecule has 5 nitrogen and oxygen atoms in total. The lowest BCUT2D eigenvalue weighted by Gasteiger charge is -2.05. The Morgan fingerprint density at radius 1 is 1.21 bits per heavy atom. The standard InChI is InChI=1S/C14H15N5/c15-5-6-16-14-7-13(18-9-19-14)11-8-17-12-4-2-1-3-10(11)12/h1-4,7-9,17H,5-6,15H2,(H,16,18,19). The number of benzene rings is 1. The molecule has 3 aromatic rings. The van der Waals surface area contributed by atoms with Crippen molar-refractivity contribution in [1.82, 2.24) is 15.0 Å². The number of nitrogens with two attached hydrogens (primary N) is 1. The minimum absolute atomic E-state index is 0.576. The zero-order chi connectivity index (χ0) is 13.1. The minimum Gasteiger partial charge on any atom is -0.369 e. The first-order chi connectivity index (χ1) is 9.38. The van der Waals surface area contributed by atoms with E-state index < -0.39 is 0 Å². The summed E-state index contributed by atoms with van der Waals surface area (Å²) in [6.07, 6.45) is 3.54. The van der Waals surface area contributed by atoms with Crippen LogP contribution in [0.15, 0.2) is 42.9 Å². The summed E-state index contributed by atoms with van der Waals surface area (Å²) in [5.74, 6) is 0.792. The average Bonchev–Trinajstić information content (AvgIpc) is 2.89. The molecule has 5 heteroatoms. The van der Waals surface area contributed by atoms with Crippen molar-refractivity contribution in [3.63, 3.8) is 0 Å². The zero-order valence-corrected chi connectivity index (χ0v) is 10.4. The van der Waals surface area contributed by atoms with Gasteiger partial charge in [-0.1, -0.05) is 18.2 Å². The topological polar surface area (TPSA) is 79.6 Å². The second-order valence-electron chi connectivity index (χ2n) is 4.25. The number of hydrogen-bond donors (Lipinski definition) is 3. The van der Waals surface area contributed by atoms with Crippen molar-refractivity contribution in [2.75, 3.05) is 18.4 Å². The van der Waals surface area contributed by atoms with E-state index in [2.05, 4.69) is 26.3 Å². The molecule has 0 amide bonds. The second kappa shape index (κ2) is 5.07. The third-order valence-corrected chi connectivity index (χ3v) is 2.98. The van der Waals surface area contributed by atoms with Crippen molar-refractivity contribution in [2.24, 2.45) is 5.73 Å². The molecular formula is C14H15N5. The van der Waals surface area contributed by atoms with Crippen LogP contribution < -0.4 is 11.1 Å². The van der Waals surface area contributed by atoms with E-state index in [-0.39, 0.29) is 0 Å². The van der Waals surface area contributed by atoms with Crippen LogP contribution in [0.3, 0.4) is 0 Å². The van der Waals surface area contributed by atoms with E-state index in [4.69, 9.17) is 5.73 Å². The van der Waals surface area contributed by atoms with E-state index in [0.717, 1.165) is 28.0 Å². The van der Waals surface area contributed by atoms with Crippen molar-refractivity contribution in [3.05, 3.63) is 42.9 Å². The first kappa shape index (κ1) is 11.7. The minimum atomic E-state index is 0.576. The number of anilines is 1. The third-order valence-electron chi connectivity index (χ3n) is 2.98. The number of aromatic amines is 1. The second-order valence-corrected chi connectivity index (χ2v) is 4.25. The number of rotatable bonds is 4. The molecule has 0 aliphatic carbocycles. The average molecular weight is 253 g/mol. The summed E-state index contributed by atoms with van der Waals surface area (Å²) in [6, 6.07) is 10.1. The Morgan fingerprint density at radius 2 is 2.11 bits per heavy atom. The summed E-state index contributed by atoms with van der Waals surface area (Å²) in [7, 11) is 0. The molecule has 2 aromatic heterocycles. The molecule has 0 unspecified atom stereocenters. The van der Waals surface area contributed by atoms with Crippen molar-refractivity contribution >= 4 is 16.7 Å². The Kier molecular flexibility index (Phi) is 3.12. The fraction of sp³-hybridized carbons (Fsp3) is 0.143. The highest BCUT2D eigenvalue weighted by Gasteiger charge is 2.07. The van der Waals surface area contributed by atoms with Crippen LogP contribution >= 0.6 is 0 Å². The van der Waals surface area contributed by atoms with Crippen LogP contribution in [0.4, 0.5) is 5.82 Å². The molecule has 19 heavy (non-hydrogen) atoms. The van der Waals surface area contributed by atoms with Crippen LogP contribution in [0.5, 0.6) is 0 Å². The van der Waals surface area contributed by atoms with Crippen LogP contribution in [-0.4, -0.2) is 28.0 Å². The van der Waals surface area contributed by atoms with E-state index in [1.165, 1.54) is 0 Å². The molecule has 0 bridgehead atoms. The van der Waals surface area contributed by atoms with Gasteiger partial charge in [-0.25, -0.2) is 9.97 Å². The summed E-state index contributed by atoms with van der Waals surface area (Å²) < 4.78 is 0. The predicted molar refractivity (Wildman–Crippen MR) is 76.9 cm³/mol. The summed E-state index contributed by atoms with van der Waals surface area (Å²) in [4.78, 5) is 11.8. The van der Waals surface area contributed by atoms with E-state index in [9.17, 15) is 0 Å². The molecule has 0 aliphatic rings. The van der Waals surface area contributed by atoms with Crippen molar-refractivity contribution in [3.8, 4) is 11.3 Å². The number of para-hydroxylation sites is 1. The molecule has 0 radical (unpaired) electrons. The molecule has 2 heterocycles. The van der Waals surface area contributed by atoms with E-state index in [1.54, 1.807) is 6.33 Å². The zero-order valence-electron chi connectivity index (χ0n) is 10.4. The molecule has 4 N–H and O–H groups in total. The van der Waals surface area contributed by atoms with Gasteiger partial charge < -0.3 is 16.0 Å². The number of aromatic nitrogens is 3. The Morgan fingerprint density at radius 3 is 3.00 bits per heavy atom. The molecule has 1 aromatic carbocycles. The lowest BCUT2D eigenvalue weighted by Crippen LogP contribution is -2.13. The summed E-state index contributed by atoms with van der Waals surface area (Å²) in [5.41, 5.74) is 8.55. The smallest absolute Gasteiger partial charge is 0.129 e. The number of nitrogens with zero attached hydrogens (tertiary/aromatic N) is 2. The van der Waals surface area contributed by atoms with Crippen LogP contribution in [-0.2, 0) is 0 Å². The normalized spacial score (nSPS) is 10.8. The first-order valence-corrected chi connectivity index (χ1v) is 6.21. The first-order valence-electron chi connectivity index (χ1n) is 6.21. The lowest BCUT2D eigenvalue weighted by molar-refractivity contribution is 1.01. The Bertz CT molecular complexity index is 689. The van der Waals surface area contributed by atoms with Gasteiger partial charge in [-0.2, -0.15) is 0 Å². The number of nitrogens with one attached hydrogen (secondary N) is 2. The third kappa shape index (κ3) is 2.28.